The Bertz CT molecular complexity index is 436. The lowest BCUT2D eigenvalue weighted by Crippen LogP contribution is -2.49. The maximum atomic E-state index is 12.6. The standard InChI is InChI=1S/C9H16F3N3O3S/c1-14(2)19(17,18)13-6-8(16)15-5-3-4-7(15)9(10,11)12/h7,13H,3-6H2,1-2H3/t7-/m0/s1. The third-order valence-corrected chi connectivity index (χ3v) is 4.31. The molecule has 112 valence electrons. The van der Waals surface area contributed by atoms with Crippen molar-refractivity contribution in [2.45, 2.75) is 25.1 Å². The molecule has 0 radical (unpaired) electrons. The van der Waals surface area contributed by atoms with Gasteiger partial charge < -0.3 is 4.90 Å². The summed E-state index contributed by atoms with van der Waals surface area (Å²) in [6, 6.07) is -1.82. The Balaban J connectivity index is 2.64. The van der Waals surface area contributed by atoms with Crippen LogP contribution < -0.4 is 4.72 Å². The van der Waals surface area contributed by atoms with Gasteiger partial charge in [0.15, 0.2) is 0 Å². The van der Waals surface area contributed by atoms with Crippen molar-refractivity contribution in [2.24, 2.45) is 0 Å². The minimum atomic E-state index is -4.48. The van der Waals surface area contributed by atoms with Gasteiger partial charge in [-0.05, 0) is 12.8 Å². The molecule has 1 aliphatic heterocycles. The average Bonchev–Trinajstić information content (AvgIpc) is 2.74. The van der Waals surface area contributed by atoms with Crippen molar-refractivity contribution in [1.29, 1.82) is 0 Å². The van der Waals surface area contributed by atoms with Crippen molar-refractivity contribution in [3.63, 3.8) is 0 Å². The lowest BCUT2D eigenvalue weighted by molar-refractivity contribution is -0.182. The lowest BCUT2D eigenvalue weighted by Gasteiger charge is -2.26. The molecule has 0 aromatic heterocycles. The largest absolute Gasteiger partial charge is 0.408 e. The lowest BCUT2D eigenvalue weighted by atomic mass is 10.2. The van der Waals surface area contributed by atoms with Gasteiger partial charge in [-0.15, -0.1) is 0 Å². The molecule has 19 heavy (non-hydrogen) atoms. The highest BCUT2D eigenvalue weighted by Crippen LogP contribution is 2.32. The molecule has 0 bridgehead atoms. The summed E-state index contributed by atoms with van der Waals surface area (Å²) in [5.74, 6) is -0.870. The van der Waals surface area contributed by atoms with Gasteiger partial charge in [-0.3, -0.25) is 4.79 Å². The second-order valence-corrected chi connectivity index (χ2v) is 6.36. The van der Waals surface area contributed by atoms with Crippen LogP contribution in [-0.4, -0.2) is 62.9 Å². The average molecular weight is 303 g/mol. The van der Waals surface area contributed by atoms with Crippen molar-refractivity contribution in [3.05, 3.63) is 0 Å². The number of nitrogens with zero attached hydrogens (tertiary/aromatic N) is 2. The third kappa shape index (κ3) is 4.05. The van der Waals surface area contributed by atoms with E-state index >= 15 is 0 Å². The van der Waals surface area contributed by atoms with Crippen LogP contribution >= 0.6 is 0 Å². The maximum Gasteiger partial charge on any atom is 0.408 e. The molecular formula is C9H16F3N3O3S. The van der Waals surface area contributed by atoms with Gasteiger partial charge >= 0.3 is 6.18 Å². The number of hydrogen-bond donors (Lipinski definition) is 1. The highest BCUT2D eigenvalue weighted by atomic mass is 32.2. The molecule has 1 fully saturated rings. The number of rotatable bonds is 4. The number of amides is 1. The number of hydrogen-bond acceptors (Lipinski definition) is 3. The van der Waals surface area contributed by atoms with E-state index in [0.29, 0.717) is 4.90 Å². The monoisotopic (exact) mass is 303 g/mol. The fraction of sp³-hybridized carbons (Fsp3) is 0.889. The van der Waals surface area contributed by atoms with Crippen LogP contribution in [0, 0.1) is 0 Å². The minimum absolute atomic E-state index is 0.00724. The van der Waals surface area contributed by atoms with E-state index in [0.717, 1.165) is 4.31 Å². The summed E-state index contributed by atoms with van der Waals surface area (Å²) in [6.07, 6.45) is -4.36. The van der Waals surface area contributed by atoms with Crippen LogP contribution in [0.2, 0.25) is 0 Å². The van der Waals surface area contributed by atoms with Crippen molar-refractivity contribution in [1.82, 2.24) is 13.9 Å². The molecule has 0 aromatic carbocycles. The Hall–Kier alpha value is -0.870. The van der Waals surface area contributed by atoms with Crippen LogP contribution in [0.3, 0.4) is 0 Å². The third-order valence-electron chi connectivity index (χ3n) is 2.84. The molecule has 1 atom stereocenters. The molecule has 6 nitrogen and oxygen atoms in total. The van der Waals surface area contributed by atoms with E-state index in [-0.39, 0.29) is 19.4 Å². The Morgan fingerprint density at radius 2 is 2.00 bits per heavy atom. The molecule has 0 spiro atoms. The first-order chi connectivity index (χ1) is 8.55. The predicted octanol–water partition coefficient (Wildman–Crippen LogP) is -0.0643. The van der Waals surface area contributed by atoms with E-state index < -0.39 is 34.9 Å². The second-order valence-electron chi connectivity index (χ2n) is 4.40. The Kier molecular flexibility index (Phi) is 4.80. The van der Waals surface area contributed by atoms with Gasteiger partial charge in [0.2, 0.25) is 5.91 Å². The van der Waals surface area contributed by atoms with E-state index in [9.17, 15) is 26.4 Å². The van der Waals surface area contributed by atoms with Gasteiger partial charge in [-0.25, -0.2) is 0 Å². The summed E-state index contributed by atoms with van der Waals surface area (Å²) in [4.78, 5) is 12.3. The smallest absolute Gasteiger partial charge is 0.329 e. The Morgan fingerprint density at radius 1 is 1.42 bits per heavy atom. The molecule has 1 amide bonds. The van der Waals surface area contributed by atoms with Crippen molar-refractivity contribution in [2.75, 3.05) is 27.2 Å². The first kappa shape index (κ1) is 16.2. The second kappa shape index (κ2) is 5.63. The molecule has 1 saturated heterocycles. The minimum Gasteiger partial charge on any atom is -0.329 e. The number of carbonyl (C=O) groups is 1. The summed E-state index contributed by atoms with van der Waals surface area (Å²) < 4.78 is 63.4. The summed E-state index contributed by atoms with van der Waals surface area (Å²) in [6.45, 7) is -0.681. The summed E-state index contributed by atoms with van der Waals surface area (Å²) >= 11 is 0. The highest BCUT2D eigenvalue weighted by Gasteiger charge is 2.47. The molecule has 1 N–H and O–H groups in total. The zero-order valence-electron chi connectivity index (χ0n) is 10.6. The van der Waals surface area contributed by atoms with Crippen molar-refractivity contribution in [3.8, 4) is 0 Å². The van der Waals surface area contributed by atoms with E-state index in [1.807, 2.05) is 4.72 Å². The predicted molar refractivity (Wildman–Crippen MR) is 61.4 cm³/mol. The molecule has 1 rings (SSSR count). The van der Waals surface area contributed by atoms with Crippen LogP contribution in [0.25, 0.3) is 0 Å². The first-order valence-electron chi connectivity index (χ1n) is 5.59. The van der Waals surface area contributed by atoms with Gasteiger partial charge in [0, 0.05) is 20.6 Å². The molecule has 10 heteroatoms. The number of likely N-dealkylation sites (tertiary alicyclic amines) is 1. The Morgan fingerprint density at radius 3 is 2.47 bits per heavy atom. The maximum absolute atomic E-state index is 12.6. The number of alkyl halides is 3. The highest BCUT2D eigenvalue weighted by molar-refractivity contribution is 7.87. The molecule has 0 aromatic rings. The van der Waals surface area contributed by atoms with E-state index in [4.69, 9.17) is 0 Å². The summed E-state index contributed by atoms with van der Waals surface area (Å²) in [7, 11) is -1.32. The van der Waals surface area contributed by atoms with Crippen LogP contribution in [0.1, 0.15) is 12.8 Å². The summed E-state index contributed by atoms with van der Waals surface area (Å²) in [5.41, 5.74) is 0. The van der Waals surface area contributed by atoms with Gasteiger partial charge in [0.25, 0.3) is 10.2 Å². The van der Waals surface area contributed by atoms with Crippen molar-refractivity contribution >= 4 is 16.1 Å². The molecular weight excluding hydrogens is 287 g/mol. The van der Waals surface area contributed by atoms with Gasteiger partial charge in [0.05, 0.1) is 6.54 Å². The zero-order chi connectivity index (χ0) is 14.8. The molecule has 1 heterocycles. The normalized spacial score (nSPS) is 21.2. The molecule has 0 saturated carbocycles. The van der Waals surface area contributed by atoms with Crippen LogP contribution in [0.15, 0.2) is 0 Å². The van der Waals surface area contributed by atoms with E-state index in [1.165, 1.54) is 14.1 Å². The quantitative estimate of drug-likeness (QED) is 0.791. The number of nitrogens with one attached hydrogen (secondary N) is 1. The van der Waals surface area contributed by atoms with Gasteiger partial charge in [-0.1, -0.05) is 0 Å². The van der Waals surface area contributed by atoms with Gasteiger partial charge in [-0.2, -0.15) is 30.6 Å². The van der Waals surface area contributed by atoms with Crippen LogP contribution in [-0.2, 0) is 15.0 Å². The fourth-order valence-electron chi connectivity index (χ4n) is 1.79. The number of carbonyl (C=O) groups excluding carboxylic acids is 1. The zero-order valence-corrected chi connectivity index (χ0v) is 11.4. The molecule has 1 aliphatic rings. The van der Waals surface area contributed by atoms with Crippen molar-refractivity contribution < 1.29 is 26.4 Å². The van der Waals surface area contributed by atoms with E-state index in [2.05, 4.69) is 0 Å². The molecule has 0 aliphatic carbocycles. The fourth-order valence-corrected chi connectivity index (χ4v) is 2.35. The molecule has 0 unspecified atom stereocenters. The Labute approximate surface area is 109 Å². The van der Waals surface area contributed by atoms with Crippen LogP contribution in [0.5, 0.6) is 0 Å². The topological polar surface area (TPSA) is 69.7 Å². The van der Waals surface area contributed by atoms with Gasteiger partial charge in [0.1, 0.15) is 6.04 Å². The summed E-state index contributed by atoms with van der Waals surface area (Å²) in [5, 5.41) is 0. The first-order valence-corrected chi connectivity index (χ1v) is 7.03. The van der Waals surface area contributed by atoms with E-state index in [1.54, 1.807) is 0 Å². The van der Waals surface area contributed by atoms with Crippen LogP contribution in [0.4, 0.5) is 13.2 Å². The SMILES string of the molecule is CN(C)S(=O)(=O)NCC(=O)N1CCC[C@H]1C(F)(F)F. The number of halogens is 3.